The molecule has 0 spiro atoms. The van der Waals surface area contributed by atoms with Gasteiger partial charge in [0.2, 0.25) is 5.88 Å². The summed E-state index contributed by atoms with van der Waals surface area (Å²) in [6.07, 6.45) is 1.81. The van der Waals surface area contributed by atoms with Crippen molar-refractivity contribution in [1.29, 1.82) is 0 Å². The minimum absolute atomic E-state index is 0.267. The van der Waals surface area contributed by atoms with Crippen molar-refractivity contribution in [2.45, 2.75) is 6.92 Å². The molecule has 0 saturated heterocycles. The first-order valence-corrected chi connectivity index (χ1v) is 6.79. The number of halogens is 1. The molecule has 0 radical (unpaired) electrons. The lowest BCUT2D eigenvalue weighted by Crippen LogP contribution is -1.98. The molecular weight excluding hydrogens is 286 g/mol. The first-order valence-electron chi connectivity index (χ1n) is 6.41. The molecule has 104 valence electrons. The van der Waals surface area contributed by atoms with Gasteiger partial charge in [-0.05, 0) is 25.1 Å². The molecule has 21 heavy (non-hydrogen) atoms. The SMILES string of the molecule is Cc1cc2nc(OCC#Cc3cccc(Cl)c3)ccn2n1. The van der Waals surface area contributed by atoms with E-state index in [1.165, 1.54) is 0 Å². The van der Waals surface area contributed by atoms with Gasteiger partial charge in [0.05, 0.1) is 5.69 Å². The largest absolute Gasteiger partial charge is 0.464 e. The normalized spacial score (nSPS) is 10.2. The summed E-state index contributed by atoms with van der Waals surface area (Å²) >= 11 is 5.89. The van der Waals surface area contributed by atoms with E-state index >= 15 is 0 Å². The van der Waals surface area contributed by atoms with Gasteiger partial charge in [0.15, 0.2) is 12.3 Å². The molecule has 0 aliphatic heterocycles. The van der Waals surface area contributed by atoms with Gasteiger partial charge in [0, 0.05) is 28.9 Å². The molecule has 1 aromatic carbocycles. The van der Waals surface area contributed by atoms with Crippen molar-refractivity contribution < 1.29 is 4.74 Å². The highest BCUT2D eigenvalue weighted by Crippen LogP contribution is 2.10. The van der Waals surface area contributed by atoms with Crippen LogP contribution < -0.4 is 4.74 Å². The number of hydrogen-bond acceptors (Lipinski definition) is 3. The zero-order chi connectivity index (χ0) is 14.7. The van der Waals surface area contributed by atoms with E-state index in [0.29, 0.717) is 10.9 Å². The Balaban J connectivity index is 1.67. The monoisotopic (exact) mass is 297 g/mol. The van der Waals surface area contributed by atoms with E-state index < -0.39 is 0 Å². The third-order valence-electron chi connectivity index (χ3n) is 2.77. The fourth-order valence-corrected chi connectivity index (χ4v) is 2.07. The lowest BCUT2D eigenvalue weighted by Gasteiger charge is -2.00. The number of ether oxygens (including phenoxy) is 1. The Hall–Kier alpha value is -2.51. The van der Waals surface area contributed by atoms with Crippen LogP contribution in [0.1, 0.15) is 11.3 Å². The molecule has 0 unspecified atom stereocenters. The molecule has 0 N–H and O–H groups in total. The average molecular weight is 298 g/mol. The van der Waals surface area contributed by atoms with Crippen LogP contribution in [0.3, 0.4) is 0 Å². The number of aromatic nitrogens is 3. The predicted octanol–water partition coefficient (Wildman–Crippen LogP) is 3.12. The zero-order valence-corrected chi connectivity index (χ0v) is 12.1. The molecule has 0 saturated carbocycles. The Morgan fingerprint density at radius 2 is 2.19 bits per heavy atom. The van der Waals surface area contributed by atoms with Gasteiger partial charge >= 0.3 is 0 Å². The van der Waals surface area contributed by atoms with Gasteiger partial charge < -0.3 is 4.74 Å². The Morgan fingerprint density at radius 1 is 1.29 bits per heavy atom. The second-order valence-corrected chi connectivity index (χ2v) is 4.89. The topological polar surface area (TPSA) is 39.4 Å². The van der Waals surface area contributed by atoms with Crippen molar-refractivity contribution >= 4 is 17.2 Å². The van der Waals surface area contributed by atoms with Crippen LogP contribution in [-0.4, -0.2) is 21.2 Å². The fraction of sp³-hybridized carbons (Fsp3) is 0.125. The zero-order valence-electron chi connectivity index (χ0n) is 11.4. The highest BCUT2D eigenvalue weighted by atomic mass is 35.5. The van der Waals surface area contributed by atoms with Crippen LogP contribution in [0.4, 0.5) is 0 Å². The quantitative estimate of drug-likeness (QED) is 0.682. The smallest absolute Gasteiger partial charge is 0.217 e. The molecule has 0 bridgehead atoms. The molecule has 0 aliphatic carbocycles. The third kappa shape index (κ3) is 3.33. The molecule has 0 fully saturated rings. The Labute approximate surface area is 127 Å². The number of benzene rings is 1. The molecule has 3 rings (SSSR count). The van der Waals surface area contributed by atoms with Crippen molar-refractivity contribution in [1.82, 2.24) is 14.6 Å². The van der Waals surface area contributed by atoms with Gasteiger partial charge in [-0.2, -0.15) is 10.1 Å². The van der Waals surface area contributed by atoms with E-state index in [1.54, 1.807) is 10.6 Å². The van der Waals surface area contributed by atoms with Gasteiger partial charge in [-0.15, -0.1) is 0 Å². The van der Waals surface area contributed by atoms with Crippen LogP contribution in [0.2, 0.25) is 5.02 Å². The van der Waals surface area contributed by atoms with Crippen molar-refractivity contribution in [3.8, 4) is 17.7 Å². The molecule has 2 aromatic heterocycles. The molecule has 3 aromatic rings. The number of hydrogen-bond donors (Lipinski definition) is 0. The maximum atomic E-state index is 5.89. The maximum absolute atomic E-state index is 5.89. The van der Waals surface area contributed by atoms with Gasteiger partial charge in [0.25, 0.3) is 0 Å². The van der Waals surface area contributed by atoms with Gasteiger partial charge in [0.1, 0.15) is 0 Å². The van der Waals surface area contributed by atoms with E-state index in [2.05, 4.69) is 21.9 Å². The van der Waals surface area contributed by atoms with Crippen LogP contribution >= 0.6 is 11.6 Å². The summed E-state index contributed by atoms with van der Waals surface area (Å²) < 4.78 is 7.22. The van der Waals surface area contributed by atoms with E-state index in [4.69, 9.17) is 16.3 Å². The molecule has 4 nitrogen and oxygen atoms in total. The average Bonchev–Trinajstić information content (AvgIpc) is 2.83. The molecule has 2 heterocycles. The second-order valence-electron chi connectivity index (χ2n) is 4.46. The Bertz CT molecular complexity index is 845. The summed E-state index contributed by atoms with van der Waals surface area (Å²) in [5.74, 6) is 6.46. The Morgan fingerprint density at radius 3 is 3.05 bits per heavy atom. The van der Waals surface area contributed by atoms with Crippen LogP contribution in [-0.2, 0) is 0 Å². The van der Waals surface area contributed by atoms with Crippen molar-refractivity contribution in [3.63, 3.8) is 0 Å². The third-order valence-corrected chi connectivity index (χ3v) is 3.01. The molecule has 5 heteroatoms. The number of nitrogens with zero attached hydrogens (tertiary/aromatic N) is 3. The van der Waals surface area contributed by atoms with E-state index in [1.807, 2.05) is 43.5 Å². The van der Waals surface area contributed by atoms with Crippen LogP contribution in [0.25, 0.3) is 5.65 Å². The van der Waals surface area contributed by atoms with Gasteiger partial charge in [-0.25, -0.2) is 4.52 Å². The van der Waals surface area contributed by atoms with E-state index in [9.17, 15) is 0 Å². The fourth-order valence-electron chi connectivity index (χ4n) is 1.88. The van der Waals surface area contributed by atoms with E-state index in [-0.39, 0.29) is 6.61 Å². The highest BCUT2D eigenvalue weighted by Gasteiger charge is 2.00. The van der Waals surface area contributed by atoms with Crippen molar-refractivity contribution in [3.05, 3.63) is 58.9 Å². The first kappa shape index (κ1) is 13.5. The number of aryl methyl sites for hydroxylation is 1. The minimum atomic E-state index is 0.267. The summed E-state index contributed by atoms with van der Waals surface area (Å²) in [7, 11) is 0. The Kier molecular flexibility index (Phi) is 3.76. The highest BCUT2D eigenvalue weighted by molar-refractivity contribution is 6.30. The van der Waals surface area contributed by atoms with Crippen LogP contribution in [0.15, 0.2) is 42.6 Å². The van der Waals surface area contributed by atoms with Crippen molar-refractivity contribution in [2.24, 2.45) is 0 Å². The lowest BCUT2D eigenvalue weighted by molar-refractivity contribution is 0.355. The summed E-state index contributed by atoms with van der Waals surface area (Å²) in [5, 5.41) is 4.93. The summed E-state index contributed by atoms with van der Waals surface area (Å²) in [4.78, 5) is 4.34. The van der Waals surface area contributed by atoms with Crippen LogP contribution in [0.5, 0.6) is 5.88 Å². The van der Waals surface area contributed by atoms with Crippen molar-refractivity contribution in [2.75, 3.05) is 6.61 Å². The summed E-state index contributed by atoms with van der Waals surface area (Å²) in [6.45, 7) is 2.19. The lowest BCUT2D eigenvalue weighted by atomic mass is 10.2. The molecule has 0 amide bonds. The second kappa shape index (κ2) is 5.86. The van der Waals surface area contributed by atoms with E-state index in [0.717, 1.165) is 16.9 Å². The molecule has 0 aliphatic rings. The predicted molar refractivity (Wildman–Crippen MR) is 81.5 cm³/mol. The standard InChI is InChI=1S/C16H12ClN3O/c1-12-10-15-18-16(7-8-20(15)19-12)21-9-3-5-13-4-2-6-14(17)11-13/h2,4,6-8,10-11H,9H2,1H3. The molecular formula is C16H12ClN3O. The number of fused-ring (bicyclic) bond motifs is 1. The summed E-state index contributed by atoms with van der Waals surface area (Å²) in [5.41, 5.74) is 2.54. The maximum Gasteiger partial charge on any atom is 0.217 e. The van der Waals surface area contributed by atoms with Gasteiger partial charge in [-0.3, -0.25) is 0 Å². The molecule has 0 atom stereocenters. The van der Waals surface area contributed by atoms with Gasteiger partial charge in [-0.1, -0.05) is 29.5 Å². The minimum Gasteiger partial charge on any atom is -0.464 e. The summed E-state index contributed by atoms with van der Waals surface area (Å²) in [6, 6.07) is 11.1. The first-order chi connectivity index (χ1) is 10.2. The van der Waals surface area contributed by atoms with Crippen LogP contribution in [0, 0.1) is 18.8 Å². The number of rotatable bonds is 2.